The van der Waals surface area contributed by atoms with E-state index in [4.69, 9.17) is 0 Å². The van der Waals surface area contributed by atoms with E-state index in [9.17, 15) is 0 Å². The van der Waals surface area contributed by atoms with Crippen molar-refractivity contribution in [2.24, 2.45) is 0 Å². The van der Waals surface area contributed by atoms with Gasteiger partial charge < -0.3 is 10.3 Å². The van der Waals surface area contributed by atoms with Crippen LogP contribution in [0, 0.1) is 3.70 Å². The van der Waals surface area contributed by atoms with Crippen molar-refractivity contribution in [3.63, 3.8) is 0 Å². The molecule has 12 heavy (non-hydrogen) atoms. The van der Waals surface area contributed by atoms with Crippen LogP contribution in [0.5, 0.6) is 0 Å². The highest BCUT2D eigenvalue weighted by atomic mass is 127. The third-order valence-corrected chi connectivity index (χ3v) is 2.82. The lowest BCUT2D eigenvalue weighted by molar-refractivity contribution is 0.563. The number of hydrogen-bond acceptors (Lipinski definition) is 2. The quantitative estimate of drug-likeness (QED) is 0.769. The zero-order valence-electron chi connectivity index (χ0n) is 6.97. The molecule has 3 nitrogen and oxygen atoms in total. The predicted octanol–water partition coefficient (Wildman–Crippen LogP) is 1.83. The van der Waals surface area contributed by atoms with Crippen molar-refractivity contribution in [1.82, 2.24) is 15.3 Å². The van der Waals surface area contributed by atoms with Crippen LogP contribution in [0.4, 0.5) is 0 Å². The number of imidazole rings is 1. The molecule has 0 amide bonds. The van der Waals surface area contributed by atoms with Crippen molar-refractivity contribution in [2.45, 2.75) is 31.8 Å². The van der Waals surface area contributed by atoms with Crippen LogP contribution in [0.1, 0.15) is 31.6 Å². The van der Waals surface area contributed by atoms with Gasteiger partial charge in [0.15, 0.2) is 0 Å². The first-order valence-electron chi connectivity index (χ1n) is 4.22. The summed E-state index contributed by atoms with van der Waals surface area (Å²) in [5.74, 6) is 1.09. The Morgan fingerprint density at radius 1 is 1.58 bits per heavy atom. The molecule has 0 radical (unpaired) electrons. The van der Waals surface area contributed by atoms with Crippen LogP contribution in [0.3, 0.4) is 0 Å². The van der Waals surface area contributed by atoms with Gasteiger partial charge >= 0.3 is 0 Å². The Bertz CT molecular complexity index is 271. The Morgan fingerprint density at radius 2 is 2.42 bits per heavy atom. The van der Waals surface area contributed by atoms with Crippen LogP contribution in [0.15, 0.2) is 6.20 Å². The molecule has 66 valence electrons. The van der Waals surface area contributed by atoms with Crippen molar-refractivity contribution in [3.8, 4) is 0 Å². The van der Waals surface area contributed by atoms with Crippen LogP contribution in [-0.4, -0.2) is 16.0 Å². The van der Waals surface area contributed by atoms with Crippen LogP contribution >= 0.6 is 22.6 Å². The zero-order chi connectivity index (χ0) is 8.55. The molecular weight excluding hydrogens is 265 g/mol. The minimum Gasteiger partial charge on any atom is -0.336 e. The zero-order valence-corrected chi connectivity index (χ0v) is 9.13. The van der Waals surface area contributed by atoms with Crippen LogP contribution in [-0.2, 0) is 0 Å². The average Bonchev–Trinajstić information content (AvgIpc) is 2.58. The van der Waals surface area contributed by atoms with Crippen molar-refractivity contribution in [1.29, 1.82) is 0 Å². The van der Waals surface area contributed by atoms with E-state index < -0.39 is 0 Å². The topological polar surface area (TPSA) is 40.7 Å². The van der Waals surface area contributed by atoms with Gasteiger partial charge in [-0.05, 0) is 42.4 Å². The summed E-state index contributed by atoms with van der Waals surface area (Å²) in [4.78, 5) is 7.56. The minimum atomic E-state index is 0.448. The van der Waals surface area contributed by atoms with Gasteiger partial charge in [-0.2, -0.15) is 0 Å². The first kappa shape index (κ1) is 8.50. The first-order chi connectivity index (χ1) is 5.75. The molecule has 1 aliphatic heterocycles. The highest BCUT2D eigenvalue weighted by Crippen LogP contribution is 2.24. The Kier molecular flexibility index (Phi) is 2.36. The summed E-state index contributed by atoms with van der Waals surface area (Å²) >= 11 is 2.25. The summed E-state index contributed by atoms with van der Waals surface area (Å²) in [6.07, 6.45) is 4.33. The van der Waals surface area contributed by atoms with Crippen molar-refractivity contribution < 1.29 is 0 Å². The Labute approximate surface area is 85.5 Å². The molecule has 2 N–H and O–H groups in total. The average molecular weight is 277 g/mol. The summed E-state index contributed by atoms with van der Waals surface area (Å²) < 4.78 is 1.11. The van der Waals surface area contributed by atoms with Crippen LogP contribution < -0.4 is 5.32 Å². The maximum Gasteiger partial charge on any atom is 0.124 e. The summed E-state index contributed by atoms with van der Waals surface area (Å²) in [6, 6.07) is 1.08. The molecule has 2 rings (SSSR count). The monoisotopic (exact) mass is 277 g/mol. The Hall–Kier alpha value is -0.100. The second kappa shape index (κ2) is 3.33. The molecule has 0 spiro atoms. The molecular formula is C8H12IN3. The molecule has 0 saturated carbocycles. The number of nitrogens with one attached hydrogen (secondary N) is 2. The lowest BCUT2D eigenvalue weighted by Gasteiger charge is -2.07. The standard InChI is InChI=1S/C8H12IN3/c1-5-2-3-6(11-5)8-10-4-7(9)12-8/h4-6,11H,2-3H2,1H3,(H,10,12)/t5-,6-/m0/s1. The molecule has 0 aliphatic carbocycles. The highest BCUT2D eigenvalue weighted by Gasteiger charge is 2.23. The minimum absolute atomic E-state index is 0.448. The van der Waals surface area contributed by atoms with E-state index >= 15 is 0 Å². The number of aromatic nitrogens is 2. The maximum absolute atomic E-state index is 4.31. The fraction of sp³-hybridized carbons (Fsp3) is 0.625. The van der Waals surface area contributed by atoms with Crippen molar-refractivity contribution >= 4 is 22.6 Å². The Balaban J connectivity index is 2.11. The van der Waals surface area contributed by atoms with E-state index in [1.54, 1.807) is 0 Å². The lowest BCUT2D eigenvalue weighted by atomic mass is 10.2. The number of rotatable bonds is 1. The van der Waals surface area contributed by atoms with Gasteiger partial charge in [0, 0.05) is 6.04 Å². The molecule has 0 bridgehead atoms. The highest BCUT2D eigenvalue weighted by molar-refractivity contribution is 14.1. The number of halogens is 1. The molecule has 1 aliphatic rings. The van der Waals surface area contributed by atoms with Gasteiger partial charge in [-0.3, -0.25) is 0 Å². The van der Waals surface area contributed by atoms with Gasteiger partial charge in [0.05, 0.1) is 15.9 Å². The summed E-state index contributed by atoms with van der Waals surface area (Å²) in [7, 11) is 0. The van der Waals surface area contributed by atoms with Crippen molar-refractivity contribution in [3.05, 3.63) is 15.7 Å². The number of H-pyrrole nitrogens is 1. The normalized spacial score (nSPS) is 29.5. The van der Waals surface area contributed by atoms with E-state index in [2.05, 4.69) is 44.8 Å². The molecule has 4 heteroatoms. The SMILES string of the molecule is C[C@H]1CC[C@@H](c2ncc(I)[nH]2)N1. The molecule has 1 saturated heterocycles. The van der Waals surface area contributed by atoms with Gasteiger partial charge in [-0.15, -0.1) is 0 Å². The van der Waals surface area contributed by atoms with E-state index in [1.807, 2.05) is 6.20 Å². The fourth-order valence-electron chi connectivity index (χ4n) is 1.63. The van der Waals surface area contributed by atoms with E-state index in [0.29, 0.717) is 12.1 Å². The number of hydrogen-bond donors (Lipinski definition) is 2. The molecule has 1 aromatic heterocycles. The van der Waals surface area contributed by atoms with Gasteiger partial charge in [0.1, 0.15) is 5.82 Å². The van der Waals surface area contributed by atoms with Gasteiger partial charge in [-0.1, -0.05) is 0 Å². The Morgan fingerprint density at radius 3 is 2.92 bits per heavy atom. The molecule has 1 aromatic rings. The summed E-state index contributed by atoms with van der Waals surface area (Å²) in [5.41, 5.74) is 0. The number of aromatic amines is 1. The second-order valence-electron chi connectivity index (χ2n) is 3.31. The first-order valence-corrected chi connectivity index (χ1v) is 5.30. The van der Waals surface area contributed by atoms with Gasteiger partial charge in [0.2, 0.25) is 0 Å². The smallest absolute Gasteiger partial charge is 0.124 e. The van der Waals surface area contributed by atoms with Crippen LogP contribution in [0.2, 0.25) is 0 Å². The summed E-state index contributed by atoms with van der Waals surface area (Å²) in [6.45, 7) is 2.22. The fourth-order valence-corrected chi connectivity index (χ4v) is 2.05. The molecule has 2 heterocycles. The number of nitrogens with zero attached hydrogens (tertiary/aromatic N) is 1. The lowest BCUT2D eigenvalue weighted by Crippen LogP contribution is -2.21. The molecule has 1 fully saturated rings. The third-order valence-electron chi connectivity index (χ3n) is 2.27. The summed E-state index contributed by atoms with van der Waals surface area (Å²) in [5, 5.41) is 3.49. The third kappa shape index (κ3) is 1.64. The predicted molar refractivity (Wildman–Crippen MR) is 55.9 cm³/mol. The van der Waals surface area contributed by atoms with E-state index in [0.717, 1.165) is 9.53 Å². The molecule has 2 atom stereocenters. The van der Waals surface area contributed by atoms with Crippen LogP contribution in [0.25, 0.3) is 0 Å². The van der Waals surface area contributed by atoms with E-state index in [1.165, 1.54) is 12.8 Å². The second-order valence-corrected chi connectivity index (χ2v) is 4.48. The molecule has 0 unspecified atom stereocenters. The van der Waals surface area contributed by atoms with Gasteiger partial charge in [0.25, 0.3) is 0 Å². The van der Waals surface area contributed by atoms with E-state index in [-0.39, 0.29) is 0 Å². The van der Waals surface area contributed by atoms with Gasteiger partial charge in [-0.25, -0.2) is 4.98 Å². The molecule has 0 aromatic carbocycles. The van der Waals surface area contributed by atoms with Crippen molar-refractivity contribution in [2.75, 3.05) is 0 Å². The largest absolute Gasteiger partial charge is 0.336 e. The maximum atomic E-state index is 4.31.